The highest BCUT2D eigenvalue weighted by Crippen LogP contribution is 2.24. The Bertz CT molecular complexity index is 437. The van der Waals surface area contributed by atoms with E-state index in [9.17, 15) is 9.59 Å². The molecular formula is C16H22O4. The summed E-state index contributed by atoms with van der Waals surface area (Å²) in [7, 11) is 0. The molecule has 0 spiro atoms. The molecule has 0 aliphatic carbocycles. The van der Waals surface area contributed by atoms with Gasteiger partial charge in [-0.1, -0.05) is 18.2 Å². The first-order chi connectivity index (χ1) is 9.47. The summed E-state index contributed by atoms with van der Waals surface area (Å²) in [4.78, 5) is 23.4. The summed E-state index contributed by atoms with van der Waals surface area (Å²) in [5.74, 6) is -0.547. The van der Waals surface area contributed by atoms with Gasteiger partial charge in [0.2, 0.25) is 0 Å². The molecular weight excluding hydrogens is 256 g/mol. The van der Waals surface area contributed by atoms with Gasteiger partial charge in [0, 0.05) is 0 Å². The highest BCUT2D eigenvalue weighted by atomic mass is 16.5. The molecule has 0 aliphatic rings. The van der Waals surface area contributed by atoms with E-state index >= 15 is 0 Å². The molecule has 0 fully saturated rings. The second-order valence-corrected chi connectivity index (χ2v) is 5.21. The van der Waals surface area contributed by atoms with Crippen LogP contribution in [-0.2, 0) is 14.3 Å². The number of carbonyl (C=O) groups is 2. The Labute approximate surface area is 120 Å². The van der Waals surface area contributed by atoms with Crippen LogP contribution in [0.1, 0.15) is 44.0 Å². The summed E-state index contributed by atoms with van der Waals surface area (Å²) in [6.45, 7) is 6.14. The van der Waals surface area contributed by atoms with Gasteiger partial charge in [0.15, 0.2) is 0 Å². The number of carbonyl (C=O) groups excluding carboxylic acids is 2. The van der Waals surface area contributed by atoms with Gasteiger partial charge in [0.1, 0.15) is 0 Å². The van der Waals surface area contributed by atoms with Gasteiger partial charge in [0.05, 0.1) is 24.2 Å². The van der Waals surface area contributed by atoms with Crippen molar-refractivity contribution >= 4 is 11.9 Å². The molecule has 1 aromatic rings. The first-order valence-electron chi connectivity index (χ1n) is 6.87. The van der Waals surface area contributed by atoms with Gasteiger partial charge in [-0.15, -0.1) is 0 Å². The van der Waals surface area contributed by atoms with Crippen molar-refractivity contribution in [3.8, 4) is 0 Å². The second kappa shape index (κ2) is 7.68. The molecule has 0 heterocycles. The van der Waals surface area contributed by atoms with Crippen LogP contribution in [0.2, 0.25) is 0 Å². The molecule has 1 rings (SSSR count). The highest BCUT2D eigenvalue weighted by Gasteiger charge is 2.28. The third-order valence-corrected chi connectivity index (χ3v) is 3.02. The van der Waals surface area contributed by atoms with Gasteiger partial charge < -0.3 is 9.47 Å². The topological polar surface area (TPSA) is 52.6 Å². The van der Waals surface area contributed by atoms with Gasteiger partial charge in [-0.3, -0.25) is 4.79 Å². The van der Waals surface area contributed by atoms with Crippen LogP contribution in [0.3, 0.4) is 0 Å². The van der Waals surface area contributed by atoms with E-state index in [1.165, 1.54) is 0 Å². The van der Waals surface area contributed by atoms with Gasteiger partial charge in [0.25, 0.3) is 0 Å². The SMILES string of the molecule is CCOC(=O)C(C)(C)CCCOC(=O)c1ccccc1. The summed E-state index contributed by atoms with van der Waals surface area (Å²) in [5.41, 5.74) is -0.00743. The Hall–Kier alpha value is -1.84. The van der Waals surface area contributed by atoms with Crippen molar-refractivity contribution < 1.29 is 19.1 Å². The number of esters is 2. The molecule has 0 amide bonds. The average Bonchev–Trinajstić information content (AvgIpc) is 2.44. The van der Waals surface area contributed by atoms with Gasteiger partial charge in [-0.2, -0.15) is 0 Å². The molecule has 0 aromatic heterocycles. The molecule has 4 nitrogen and oxygen atoms in total. The lowest BCUT2D eigenvalue weighted by molar-refractivity contribution is -0.153. The smallest absolute Gasteiger partial charge is 0.338 e. The minimum absolute atomic E-state index is 0.214. The molecule has 0 bridgehead atoms. The fourth-order valence-corrected chi connectivity index (χ4v) is 1.77. The third-order valence-electron chi connectivity index (χ3n) is 3.02. The molecule has 0 aliphatic heterocycles. The van der Waals surface area contributed by atoms with Crippen LogP contribution < -0.4 is 0 Å². The van der Waals surface area contributed by atoms with Crippen molar-refractivity contribution in [2.24, 2.45) is 5.41 Å². The van der Waals surface area contributed by atoms with E-state index in [0.717, 1.165) is 0 Å². The average molecular weight is 278 g/mol. The van der Waals surface area contributed by atoms with Crippen molar-refractivity contribution in [2.45, 2.75) is 33.6 Å². The predicted molar refractivity (Wildman–Crippen MR) is 76.4 cm³/mol. The van der Waals surface area contributed by atoms with E-state index in [4.69, 9.17) is 9.47 Å². The zero-order chi connectivity index (χ0) is 15.0. The van der Waals surface area contributed by atoms with Gasteiger partial charge in [-0.25, -0.2) is 4.79 Å². The quantitative estimate of drug-likeness (QED) is 0.567. The van der Waals surface area contributed by atoms with Crippen molar-refractivity contribution in [1.82, 2.24) is 0 Å². The first kappa shape index (κ1) is 16.2. The second-order valence-electron chi connectivity index (χ2n) is 5.21. The lowest BCUT2D eigenvalue weighted by Gasteiger charge is -2.21. The first-order valence-corrected chi connectivity index (χ1v) is 6.87. The maximum atomic E-state index is 11.7. The Balaban J connectivity index is 2.31. The number of hydrogen-bond acceptors (Lipinski definition) is 4. The summed E-state index contributed by atoms with van der Waals surface area (Å²) in [6.07, 6.45) is 1.25. The van der Waals surface area contributed by atoms with Crippen molar-refractivity contribution in [3.05, 3.63) is 35.9 Å². The molecule has 0 saturated heterocycles. The normalized spacial score (nSPS) is 10.9. The molecule has 110 valence electrons. The maximum absolute atomic E-state index is 11.7. The number of ether oxygens (including phenoxy) is 2. The van der Waals surface area contributed by atoms with Crippen molar-refractivity contribution in [3.63, 3.8) is 0 Å². The van der Waals surface area contributed by atoms with E-state index in [2.05, 4.69) is 0 Å². The van der Waals surface area contributed by atoms with E-state index in [1.807, 2.05) is 19.9 Å². The van der Waals surface area contributed by atoms with Crippen LogP contribution in [0.25, 0.3) is 0 Å². The van der Waals surface area contributed by atoms with Crippen LogP contribution in [0.5, 0.6) is 0 Å². The lowest BCUT2D eigenvalue weighted by Crippen LogP contribution is -2.27. The lowest BCUT2D eigenvalue weighted by atomic mass is 9.88. The predicted octanol–water partition coefficient (Wildman–Crippen LogP) is 3.21. The van der Waals surface area contributed by atoms with Crippen molar-refractivity contribution in [2.75, 3.05) is 13.2 Å². The molecule has 0 radical (unpaired) electrons. The summed E-state index contributed by atoms with van der Waals surface area (Å²) >= 11 is 0. The molecule has 0 N–H and O–H groups in total. The van der Waals surface area contributed by atoms with Crippen LogP contribution in [-0.4, -0.2) is 25.2 Å². The number of rotatable bonds is 7. The Kier molecular flexibility index (Phi) is 6.22. The fourth-order valence-electron chi connectivity index (χ4n) is 1.77. The Morgan fingerprint density at radius 1 is 1.10 bits per heavy atom. The minimum Gasteiger partial charge on any atom is -0.466 e. The van der Waals surface area contributed by atoms with Crippen LogP contribution >= 0.6 is 0 Å². The van der Waals surface area contributed by atoms with Crippen molar-refractivity contribution in [1.29, 1.82) is 0 Å². The van der Waals surface area contributed by atoms with Crippen LogP contribution in [0, 0.1) is 5.41 Å². The monoisotopic (exact) mass is 278 g/mol. The molecule has 0 unspecified atom stereocenters. The minimum atomic E-state index is -0.546. The standard InChI is InChI=1S/C16H22O4/c1-4-19-15(18)16(2,3)11-8-12-20-14(17)13-9-6-5-7-10-13/h5-7,9-10H,4,8,11-12H2,1-3H3. The molecule has 4 heteroatoms. The highest BCUT2D eigenvalue weighted by molar-refractivity contribution is 5.89. The zero-order valence-electron chi connectivity index (χ0n) is 12.3. The molecule has 0 atom stereocenters. The summed E-state index contributed by atoms with van der Waals surface area (Å²) < 4.78 is 10.2. The zero-order valence-corrected chi connectivity index (χ0v) is 12.3. The number of hydrogen-bond donors (Lipinski definition) is 0. The largest absolute Gasteiger partial charge is 0.466 e. The maximum Gasteiger partial charge on any atom is 0.338 e. The molecule has 1 aromatic carbocycles. The van der Waals surface area contributed by atoms with E-state index < -0.39 is 5.41 Å². The summed E-state index contributed by atoms with van der Waals surface area (Å²) in [6, 6.07) is 8.86. The van der Waals surface area contributed by atoms with E-state index in [1.54, 1.807) is 31.2 Å². The molecule has 20 heavy (non-hydrogen) atoms. The van der Waals surface area contributed by atoms with E-state index in [0.29, 0.717) is 31.6 Å². The third kappa shape index (κ3) is 5.03. The summed E-state index contributed by atoms with van der Waals surface area (Å²) in [5, 5.41) is 0. The van der Waals surface area contributed by atoms with Gasteiger partial charge >= 0.3 is 11.9 Å². The Morgan fingerprint density at radius 3 is 2.35 bits per heavy atom. The van der Waals surface area contributed by atoms with E-state index in [-0.39, 0.29) is 11.9 Å². The van der Waals surface area contributed by atoms with Gasteiger partial charge in [-0.05, 0) is 45.7 Å². The van der Waals surface area contributed by atoms with Crippen LogP contribution in [0.4, 0.5) is 0 Å². The fraction of sp³-hybridized carbons (Fsp3) is 0.500. The number of benzene rings is 1. The molecule has 0 saturated carbocycles. The Morgan fingerprint density at radius 2 is 1.75 bits per heavy atom. The van der Waals surface area contributed by atoms with Crippen LogP contribution in [0.15, 0.2) is 30.3 Å².